The lowest BCUT2D eigenvalue weighted by atomic mass is 9.97. The Morgan fingerprint density at radius 2 is 2.16 bits per heavy atom. The topological polar surface area (TPSA) is 40.5 Å². The number of likely N-dealkylation sites (tertiary alicyclic amines) is 1. The summed E-state index contributed by atoms with van der Waals surface area (Å²) in [5.41, 5.74) is 2.68. The minimum absolute atomic E-state index is 0.286. The van der Waals surface area contributed by atoms with E-state index in [1.807, 2.05) is 0 Å². The summed E-state index contributed by atoms with van der Waals surface area (Å²) in [6.45, 7) is 0.910. The van der Waals surface area contributed by atoms with E-state index in [1.165, 1.54) is 11.1 Å². The Morgan fingerprint density at radius 3 is 2.95 bits per heavy atom. The molecule has 102 valence electrons. The summed E-state index contributed by atoms with van der Waals surface area (Å²) in [6.07, 6.45) is 5.02. The maximum atomic E-state index is 11.4. The number of carbonyl (C=O) groups is 1. The lowest BCUT2D eigenvalue weighted by Gasteiger charge is -2.37. The number of carboxylic acids is 1. The van der Waals surface area contributed by atoms with Crippen LogP contribution < -0.4 is 0 Å². The summed E-state index contributed by atoms with van der Waals surface area (Å²) in [5.74, 6) is -0.664. The Hall–Kier alpha value is -0.870. The monoisotopic (exact) mass is 323 g/mol. The van der Waals surface area contributed by atoms with Crippen molar-refractivity contribution in [3.63, 3.8) is 0 Å². The summed E-state index contributed by atoms with van der Waals surface area (Å²) in [5, 5.41) is 9.42. The molecule has 1 heterocycles. The van der Waals surface area contributed by atoms with Gasteiger partial charge < -0.3 is 5.11 Å². The molecule has 1 N–H and O–H groups in total. The molecule has 2 aliphatic rings. The molecular formula is C15H18BrNO2. The Balaban J connectivity index is 1.91. The third-order valence-corrected chi connectivity index (χ3v) is 5.15. The summed E-state index contributed by atoms with van der Waals surface area (Å²) in [7, 11) is 0. The minimum Gasteiger partial charge on any atom is -0.480 e. The van der Waals surface area contributed by atoms with Gasteiger partial charge in [0.25, 0.3) is 0 Å². The second kappa shape index (κ2) is 5.25. The van der Waals surface area contributed by atoms with E-state index in [0.29, 0.717) is 0 Å². The van der Waals surface area contributed by atoms with Gasteiger partial charge in [0.05, 0.1) is 0 Å². The number of carboxylic acid groups (broad SMARTS) is 1. The van der Waals surface area contributed by atoms with E-state index in [2.05, 4.69) is 39.0 Å². The molecule has 1 aliphatic heterocycles. The van der Waals surface area contributed by atoms with Gasteiger partial charge in [-0.25, -0.2) is 0 Å². The van der Waals surface area contributed by atoms with Crippen LogP contribution in [0.15, 0.2) is 22.7 Å². The van der Waals surface area contributed by atoms with E-state index in [4.69, 9.17) is 0 Å². The maximum absolute atomic E-state index is 11.4. The minimum atomic E-state index is -0.664. The van der Waals surface area contributed by atoms with Crippen LogP contribution in [0, 0.1) is 0 Å². The third-order valence-electron chi connectivity index (χ3n) is 4.41. The quantitative estimate of drug-likeness (QED) is 0.907. The van der Waals surface area contributed by atoms with Gasteiger partial charge >= 0.3 is 5.97 Å². The van der Waals surface area contributed by atoms with Crippen molar-refractivity contribution in [3.8, 4) is 0 Å². The van der Waals surface area contributed by atoms with Crippen LogP contribution in [0.25, 0.3) is 0 Å². The van der Waals surface area contributed by atoms with Gasteiger partial charge in [-0.15, -0.1) is 0 Å². The molecule has 2 unspecified atom stereocenters. The van der Waals surface area contributed by atoms with Gasteiger partial charge in [-0.3, -0.25) is 9.69 Å². The van der Waals surface area contributed by atoms with Crippen LogP contribution in [0.1, 0.15) is 42.9 Å². The smallest absolute Gasteiger partial charge is 0.320 e. The molecule has 0 radical (unpaired) electrons. The lowest BCUT2D eigenvalue weighted by molar-refractivity contribution is -0.145. The first kappa shape index (κ1) is 13.1. The molecule has 2 atom stereocenters. The molecule has 1 aliphatic carbocycles. The van der Waals surface area contributed by atoms with Gasteiger partial charge in [0, 0.05) is 10.5 Å². The van der Waals surface area contributed by atoms with Gasteiger partial charge in [-0.2, -0.15) is 0 Å². The first-order chi connectivity index (χ1) is 9.18. The Kier molecular flexibility index (Phi) is 3.63. The Labute approximate surface area is 121 Å². The summed E-state index contributed by atoms with van der Waals surface area (Å²) in [4.78, 5) is 13.7. The molecule has 1 aromatic rings. The van der Waals surface area contributed by atoms with Gasteiger partial charge in [-0.1, -0.05) is 34.5 Å². The molecule has 1 aromatic carbocycles. The van der Waals surface area contributed by atoms with Crippen molar-refractivity contribution in [2.75, 3.05) is 6.54 Å². The van der Waals surface area contributed by atoms with Crippen molar-refractivity contribution < 1.29 is 9.90 Å². The van der Waals surface area contributed by atoms with Crippen molar-refractivity contribution in [1.29, 1.82) is 0 Å². The average Bonchev–Trinajstić information content (AvgIpc) is 2.84. The number of nitrogens with zero attached hydrogens (tertiary/aromatic N) is 1. The molecule has 3 nitrogen and oxygen atoms in total. The van der Waals surface area contributed by atoms with E-state index >= 15 is 0 Å². The Morgan fingerprint density at radius 1 is 1.32 bits per heavy atom. The zero-order chi connectivity index (χ0) is 13.4. The lowest BCUT2D eigenvalue weighted by Crippen LogP contribution is -2.46. The number of aliphatic carboxylic acids is 1. The maximum Gasteiger partial charge on any atom is 0.320 e. The van der Waals surface area contributed by atoms with Gasteiger partial charge in [0.2, 0.25) is 0 Å². The van der Waals surface area contributed by atoms with Crippen molar-refractivity contribution in [2.24, 2.45) is 0 Å². The van der Waals surface area contributed by atoms with Gasteiger partial charge in [0.15, 0.2) is 0 Å². The van der Waals surface area contributed by atoms with Crippen LogP contribution >= 0.6 is 15.9 Å². The van der Waals surface area contributed by atoms with Crippen molar-refractivity contribution in [1.82, 2.24) is 4.90 Å². The number of hydrogen-bond donors (Lipinski definition) is 1. The fourth-order valence-electron chi connectivity index (χ4n) is 3.52. The van der Waals surface area contributed by atoms with Crippen LogP contribution in [0.2, 0.25) is 0 Å². The van der Waals surface area contributed by atoms with E-state index in [1.54, 1.807) is 0 Å². The number of halogens is 1. The van der Waals surface area contributed by atoms with Crippen molar-refractivity contribution >= 4 is 21.9 Å². The highest BCUT2D eigenvalue weighted by Gasteiger charge is 2.37. The van der Waals surface area contributed by atoms with E-state index in [9.17, 15) is 9.90 Å². The highest BCUT2D eigenvalue weighted by molar-refractivity contribution is 9.10. The molecule has 0 aromatic heterocycles. The van der Waals surface area contributed by atoms with Crippen molar-refractivity contribution in [3.05, 3.63) is 33.8 Å². The van der Waals surface area contributed by atoms with E-state index < -0.39 is 5.97 Å². The molecule has 0 amide bonds. The highest BCUT2D eigenvalue weighted by atomic mass is 79.9. The van der Waals surface area contributed by atoms with Crippen molar-refractivity contribution in [2.45, 2.75) is 44.2 Å². The third kappa shape index (κ3) is 2.32. The molecule has 1 saturated heterocycles. The number of piperidine rings is 1. The zero-order valence-electron chi connectivity index (χ0n) is 10.8. The molecule has 0 bridgehead atoms. The predicted molar refractivity (Wildman–Crippen MR) is 77.2 cm³/mol. The first-order valence-electron chi connectivity index (χ1n) is 6.94. The van der Waals surface area contributed by atoms with Crippen LogP contribution in [0.3, 0.4) is 0 Å². The molecule has 0 spiro atoms. The highest BCUT2D eigenvalue weighted by Crippen LogP contribution is 2.41. The average molecular weight is 324 g/mol. The second-order valence-electron chi connectivity index (χ2n) is 5.45. The standard InChI is InChI=1S/C15H18BrNO2/c16-12-5-3-4-11-10(12)7-8-13(11)17-9-2-1-6-14(17)15(18)19/h3-5,13-14H,1-2,6-9H2,(H,18,19). The largest absolute Gasteiger partial charge is 0.480 e. The Bertz CT molecular complexity index is 503. The summed E-state index contributed by atoms with van der Waals surface area (Å²) >= 11 is 3.61. The van der Waals surface area contributed by atoms with Crippen LogP contribution in [-0.4, -0.2) is 28.6 Å². The summed E-state index contributed by atoms with van der Waals surface area (Å²) < 4.78 is 1.16. The number of rotatable bonds is 2. The second-order valence-corrected chi connectivity index (χ2v) is 6.30. The fraction of sp³-hybridized carbons (Fsp3) is 0.533. The van der Waals surface area contributed by atoms with Gasteiger partial charge in [-0.05, 0) is 49.4 Å². The molecular weight excluding hydrogens is 306 g/mol. The molecule has 19 heavy (non-hydrogen) atoms. The molecule has 1 fully saturated rings. The summed E-state index contributed by atoms with van der Waals surface area (Å²) in [6, 6.07) is 6.27. The number of hydrogen-bond acceptors (Lipinski definition) is 2. The zero-order valence-corrected chi connectivity index (χ0v) is 12.4. The van der Waals surface area contributed by atoms with Crippen LogP contribution in [0.4, 0.5) is 0 Å². The fourth-order valence-corrected chi connectivity index (χ4v) is 4.10. The SMILES string of the molecule is O=C(O)C1CCCCN1C1CCc2c(Br)cccc21. The number of fused-ring (bicyclic) bond motifs is 1. The molecule has 0 saturated carbocycles. The van der Waals surface area contributed by atoms with Gasteiger partial charge in [0.1, 0.15) is 6.04 Å². The predicted octanol–water partition coefficient (Wildman–Crippen LogP) is 3.38. The molecule has 4 heteroatoms. The van der Waals surface area contributed by atoms with Crippen LogP contribution in [0.5, 0.6) is 0 Å². The van der Waals surface area contributed by atoms with E-state index in [0.717, 1.165) is 43.1 Å². The first-order valence-corrected chi connectivity index (χ1v) is 7.73. The molecule has 3 rings (SSSR count). The number of benzene rings is 1. The van der Waals surface area contributed by atoms with Crippen LogP contribution in [-0.2, 0) is 11.2 Å². The van der Waals surface area contributed by atoms with E-state index in [-0.39, 0.29) is 12.1 Å². The normalized spacial score (nSPS) is 27.2.